The van der Waals surface area contributed by atoms with Gasteiger partial charge in [0, 0.05) is 13.1 Å². The summed E-state index contributed by atoms with van der Waals surface area (Å²) in [6, 6.07) is 16.9. The minimum absolute atomic E-state index is 0.0251. The fourth-order valence-electron chi connectivity index (χ4n) is 3.21. The average Bonchev–Trinajstić information content (AvgIpc) is 2.86. The number of hydrogen-bond donors (Lipinski definition) is 6. The van der Waals surface area contributed by atoms with Crippen LogP contribution in [0.15, 0.2) is 60.7 Å². The Hall–Kier alpha value is -3.02. The summed E-state index contributed by atoms with van der Waals surface area (Å²) in [7, 11) is 0. The molecule has 2 amide bonds. The second kappa shape index (κ2) is 13.6. The molecule has 0 aliphatic rings. The first-order chi connectivity index (χ1) is 16.2. The van der Waals surface area contributed by atoms with Gasteiger partial charge in [0.05, 0.1) is 6.61 Å². The Kier molecular flexibility index (Phi) is 10.9. The van der Waals surface area contributed by atoms with Crippen molar-refractivity contribution in [3.05, 3.63) is 71.8 Å². The van der Waals surface area contributed by atoms with Crippen LogP contribution in [0.3, 0.4) is 0 Å². The number of hydrogen-bond acceptors (Lipinski definition) is 8. The molecule has 0 bridgehead atoms. The van der Waals surface area contributed by atoms with Crippen LogP contribution in [0.2, 0.25) is 0 Å². The summed E-state index contributed by atoms with van der Waals surface area (Å²) in [6.07, 6.45) is -7.75. The molecular weight excluding hydrogens is 444 g/mol. The van der Waals surface area contributed by atoms with Crippen LogP contribution < -0.4 is 5.32 Å². The Bertz CT molecular complexity index is 883. The Morgan fingerprint density at radius 2 is 1.41 bits per heavy atom. The third-order valence-electron chi connectivity index (χ3n) is 5.18. The number of nitrogens with zero attached hydrogens (tertiary/aromatic N) is 1. The molecule has 0 aliphatic heterocycles. The Balaban J connectivity index is 2.04. The molecule has 5 atom stereocenters. The first-order valence-corrected chi connectivity index (χ1v) is 10.9. The molecule has 0 aromatic heterocycles. The summed E-state index contributed by atoms with van der Waals surface area (Å²) in [5.41, 5.74) is 1.51. The first kappa shape index (κ1) is 27.2. The molecule has 0 heterocycles. The monoisotopic (exact) mass is 476 g/mol. The molecular formula is C24H32N2O8. The van der Waals surface area contributed by atoms with Crippen molar-refractivity contribution in [1.82, 2.24) is 10.2 Å². The van der Waals surface area contributed by atoms with Crippen LogP contribution in [0.25, 0.3) is 0 Å². The average molecular weight is 477 g/mol. The SMILES string of the molecule is C[C@H](NC(=O)OCc1ccccc1)C(=O)N(Cc1ccccc1)C[C@H](O)[C@@H](O)[C@H](O)[C@H](O)CO. The van der Waals surface area contributed by atoms with E-state index in [0.29, 0.717) is 0 Å². The highest BCUT2D eigenvalue weighted by Gasteiger charge is 2.33. The Morgan fingerprint density at radius 1 is 0.882 bits per heavy atom. The van der Waals surface area contributed by atoms with E-state index >= 15 is 0 Å². The van der Waals surface area contributed by atoms with E-state index in [4.69, 9.17) is 9.84 Å². The zero-order chi connectivity index (χ0) is 25.1. The van der Waals surface area contributed by atoms with Gasteiger partial charge in [0.15, 0.2) is 0 Å². The maximum atomic E-state index is 13.1. The predicted molar refractivity (Wildman–Crippen MR) is 122 cm³/mol. The summed E-state index contributed by atoms with van der Waals surface area (Å²) in [4.78, 5) is 26.5. The summed E-state index contributed by atoms with van der Waals surface area (Å²) in [6.45, 7) is 0.306. The van der Waals surface area contributed by atoms with Crippen LogP contribution in [-0.4, -0.2) is 86.0 Å². The van der Waals surface area contributed by atoms with Crippen molar-refractivity contribution in [3.63, 3.8) is 0 Å². The molecule has 2 rings (SSSR count). The van der Waals surface area contributed by atoms with Crippen LogP contribution in [0, 0.1) is 0 Å². The van der Waals surface area contributed by atoms with Crippen LogP contribution in [0.5, 0.6) is 0 Å². The lowest BCUT2D eigenvalue weighted by atomic mass is 10.0. The molecule has 0 unspecified atom stereocenters. The second-order valence-electron chi connectivity index (χ2n) is 7.93. The van der Waals surface area contributed by atoms with Gasteiger partial charge in [-0.2, -0.15) is 0 Å². The molecule has 0 fully saturated rings. The van der Waals surface area contributed by atoms with Gasteiger partial charge in [-0.3, -0.25) is 4.79 Å². The number of nitrogens with one attached hydrogen (secondary N) is 1. The zero-order valence-electron chi connectivity index (χ0n) is 18.9. The normalized spacial score (nSPS) is 15.5. The second-order valence-corrected chi connectivity index (χ2v) is 7.93. The minimum Gasteiger partial charge on any atom is -0.445 e. The summed E-state index contributed by atoms with van der Waals surface area (Å²) < 4.78 is 5.14. The lowest BCUT2D eigenvalue weighted by molar-refractivity contribution is -0.142. The van der Waals surface area contributed by atoms with Gasteiger partial charge in [-0.15, -0.1) is 0 Å². The fourth-order valence-corrected chi connectivity index (χ4v) is 3.21. The molecule has 10 heteroatoms. The molecule has 0 spiro atoms. The van der Waals surface area contributed by atoms with Crippen molar-refractivity contribution in [2.75, 3.05) is 13.2 Å². The molecule has 0 saturated heterocycles. The molecule has 34 heavy (non-hydrogen) atoms. The van der Waals surface area contributed by atoms with E-state index in [-0.39, 0.29) is 13.2 Å². The van der Waals surface area contributed by atoms with E-state index in [9.17, 15) is 30.0 Å². The minimum atomic E-state index is -1.83. The molecule has 6 N–H and O–H groups in total. The standard InChI is InChI=1S/C24H32N2O8/c1-16(25-24(33)34-15-18-10-6-3-7-11-18)23(32)26(12-17-8-4-2-5-9-17)13-19(28)21(30)22(31)20(29)14-27/h2-11,16,19-22,27-31H,12-15H2,1H3,(H,25,33)/t16-,19-,20+,21+,22+/m0/s1. The van der Waals surface area contributed by atoms with Crippen molar-refractivity contribution in [1.29, 1.82) is 0 Å². The predicted octanol–water partition coefficient (Wildman–Crippen LogP) is -0.234. The van der Waals surface area contributed by atoms with Gasteiger partial charge in [-0.05, 0) is 18.1 Å². The van der Waals surface area contributed by atoms with E-state index in [1.807, 2.05) is 6.07 Å². The summed E-state index contributed by atoms with van der Waals surface area (Å²) >= 11 is 0. The van der Waals surface area contributed by atoms with Gasteiger partial charge in [-0.25, -0.2) is 4.79 Å². The fraction of sp³-hybridized carbons (Fsp3) is 0.417. The van der Waals surface area contributed by atoms with Crippen LogP contribution in [0.1, 0.15) is 18.1 Å². The van der Waals surface area contributed by atoms with Gasteiger partial charge in [-0.1, -0.05) is 60.7 Å². The number of rotatable bonds is 12. The number of alkyl carbamates (subject to hydrolysis) is 1. The molecule has 0 saturated carbocycles. The topological polar surface area (TPSA) is 160 Å². The first-order valence-electron chi connectivity index (χ1n) is 10.9. The molecule has 0 radical (unpaired) electrons. The number of carbonyl (C=O) groups is 2. The highest BCUT2D eigenvalue weighted by atomic mass is 16.5. The Labute approximate surface area is 198 Å². The number of benzene rings is 2. The number of amides is 2. The van der Waals surface area contributed by atoms with E-state index in [2.05, 4.69) is 5.32 Å². The largest absolute Gasteiger partial charge is 0.445 e. The summed E-state index contributed by atoms with van der Waals surface area (Å²) in [5, 5.41) is 51.4. The van der Waals surface area contributed by atoms with Crippen molar-refractivity contribution in [2.24, 2.45) is 0 Å². The van der Waals surface area contributed by atoms with E-state index < -0.39 is 55.6 Å². The highest BCUT2D eigenvalue weighted by Crippen LogP contribution is 2.12. The lowest BCUT2D eigenvalue weighted by Gasteiger charge is -2.32. The van der Waals surface area contributed by atoms with Gasteiger partial charge >= 0.3 is 6.09 Å². The summed E-state index contributed by atoms with van der Waals surface area (Å²) in [5.74, 6) is -0.566. The van der Waals surface area contributed by atoms with Gasteiger partial charge in [0.2, 0.25) is 5.91 Å². The molecule has 10 nitrogen and oxygen atoms in total. The number of aliphatic hydroxyl groups excluding tert-OH is 5. The van der Waals surface area contributed by atoms with E-state index in [1.165, 1.54) is 11.8 Å². The smallest absolute Gasteiger partial charge is 0.408 e. The maximum absolute atomic E-state index is 13.1. The quantitative estimate of drug-likeness (QED) is 0.245. The van der Waals surface area contributed by atoms with Crippen molar-refractivity contribution < 1.29 is 39.9 Å². The van der Waals surface area contributed by atoms with Gasteiger partial charge in [0.1, 0.15) is 37.1 Å². The highest BCUT2D eigenvalue weighted by molar-refractivity contribution is 5.85. The number of carbonyl (C=O) groups excluding carboxylic acids is 2. The van der Waals surface area contributed by atoms with E-state index in [1.54, 1.807) is 54.6 Å². The zero-order valence-corrected chi connectivity index (χ0v) is 18.9. The van der Waals surface area contributed by atoms with Crippen LogP contribution in [-0.2, 0) is 22.7 Å². The van der Waals surface area contributed by atoms with Crippen molar-refractivity contribution in [3.8, 4) is 0 Å². The van der Waals surface area contributed by atoms with E-state index in [0.717, 1.165) is 11.1 Å². The molecule has 0 aliphatic carbocycles. The maximum Gasteiger partial charge on any atom is 0.408 e. The molecule has 2 aromatic carbocycles. The number of aliphatic hydroxyl groups is 5. The Morgan fingerprint density at radius 3 is 1.97 bits per heavy atom. The molecule has 2 aromatic rings. The molecule has 186 valence electrons. The van der Waals surface area contributed by atoms with Crippen LogP contribution >= 0.6 is 0 Å². The third-order valence-corrected chi connectivity index (χ3v) is 5.18. The van der Waals surface area contributed by atoms with Gasteiger partial charge in [0.25, 0.3) is 0 Å². The van der Waals surface area contributed by atoms with Crippen molar-refractivity contribution in [2.45, 2.75) is 50.5 Å². The van der Waals surface area contributed by atoms with Crippen molar-refractivity contribution >= 4 is 12.0 Å². The van der Waals surface area contributed by atoms with Gasteiger partial charge < -0.3 is 40.5 Å². The third kappa shape index (κ3) is 8.40. The number of ether oxygens (including phenoxy) is 1. The van der Waals surface area contributed by atoms with Crippen LogP contribution in [0.4, 0.5) is 4.79 Å². The lowest BCUT2D eigenvalue weighted by Crippen LogP contribution is -2.53.